The third kappa shape index (κ3) is 5.39. The van der Waals surface area contributed by atoms with Crippen LogP contribution < -0.4 is 5.32 Å². The van der Waals surface area contributed by atoms with Crippen molar-refractivity contribution in [2.24, 2.45) is 0 Å². The van der Waals surface area contributed by atoms with E-state index in [4.69, 9.17) is 11.6 Å². The van der Waals surface area contributed by atoms with Gasteiger partial charge in [0.15, 0.2) is 5.13 Å². The van der Waals surface area contributed by atoms with Gasteiger partial charge in [0, 0.05) is 34.8 Å². The molecule has 1 atom stereocenters. The van der Waals surface area contributed by atoms with E-state index in [9.17, 15) is 4.79 Å². The van der Waals surface area contributed by atoms with Gasteiger partial charge in [-0.15, -0.1) is 11.3 Å². The zero-order valence-electron chi connectivity index (χ0n) is 14.2. The maximum Gasteiger partial charge on any atom is 0.250 e. The van der Waals surface area contributed by atoms with Crippen LogP contribution in [0.25, 0.3) is 6.08 Å². The van der Waals surface area contributed by atoms with Crippen molar-refractivity contribution in [2.45, 2.75) is 38.8 Å². The van der Waals surface area contributed by atoms with Crippen LogP contribution in [0.3, 0.4) is 0 Å². The van der Waals surface area contributed by atoms with E-state index < -0.39 is 0 Å². The molecule has 1 N–H and O–H groups in total. The Morgan fingerprint density at radius 3 is 3.16 bits per heavy atom. The quantitative estimate of drug-likeness (QED) is 0.762. The monoisotopic (exact) mass is 375 g/mol. The molecule has 4 nitrogen and oxygen atoms in total. The number of likely N-dealkylation sites (tertiary alicyclic amines) is 1. The molecule has 0 radical (unpaired) electrons. The highest BCUT2D eigenvalue weighted by Gasteiger charge is 2.19. The number of hydrogen-bond donors (Lipinski definition) is 1. The second-order valence-electron chi connectivity index (χ2n) is 6.32. The van der Waals surface area contributed by atoms with Crippen LogP contribution >= 0.6 is 22.9 Å². The number of rotatable bonds is 5. The van der Waals surface area contributed by atoms with Crippen molar-refractivity contribution in [1.82, 2.24) is 9.88 Å². The van der Waals surface area contributed by atoms with Gasteiger partial charge in [-0.1, -0.05) is 30.2 Å². The van der Waals surface area contributed by atoms with Crippen LogP contribution in [-0.4, -0.2) is 28.4 Å². The van der Waals surface area contributed by atoms with E-state index in [-0.39, 0.29) is 5.91 Å². The highest BCUT2D eigenvalue weighted by molar-refractivity contribution is 7.15. The number of benzene rings is 1. The number of nitrogens with one attached hydrogen (secondary N) is 1. The third-order valence-corrected chi connectivity index (χ3v) is 5.49. The van der Waals surface area contributed by atoms with Crippen LogP contribution in [0.15, 0.2) is 36.5 Å². The molecule has 1 amide bonds. The van der Waals surface area contributed by atoms with E-state index in [1.54, 1.807) is 23.5 Å². The first-order chi connectivity index (χ1) is 12.1. The molecule has 2 aromatic rings. The van der Waals surface area contributed by atoms with Gasteiger partial charge in [-0.3, -0.25) is 15.0 Å². The van der Waals surface area contributed by atoms with Crippen molar-refractivity contribution in [3.8, 4) is 0 Å². The Kier molecular flexibility index (Phi) is 6.24. The maximum atomic E-state index is 12.0. The summed E-state index contributed by atoms with van der Waals surface area (Å²) in [5.74, 6) is -0.188. The summed E-state index contributed by atoms with van der Waals surface area (Å²) >= 11 is 7.48. The summed E-state index contributed by atoms with van der Waals surface area (Å²) in [6, 6.07) is 7.99. The number of carbonyl (C=O) groups is 1. The lowest BCUT2D eigenvalue weighted by Gasteiger charge is -2.32. The zero-order valence-corrected chi connectivity index (χ0v) is 15.8. The second-order valence-corrected chi connectivity index (χ2v) is 7.88. The predicted octanol–water partition coefficient (Wildman–Crippen LogP) is 4.82. The lowest BCUT2D eigenvalue weighted by molar-refractivity contribution is -0.111. The molecule has 1 aromatic heterocycles. The molecule has 1 aliphatic rings. The molecule has 1 aliphatic heterocycles. The fourth-order valence-electron chi connectivity index (χ4n) is 2.96. The zero-order chi connectivity index (χ0) is 17.6. The largest absolute Gasteiger partial charge is 0.298 e. The number of anilines is 1. The molecule has 3 rings (SSSR count). The van der Waals surface area contributed by atoms with Gasteiger partial charge in [0.25, 0.3) is 0 Å². The molecular weight excluding hydrogens is 354 g/mol. The normalized spacial score (nSPS) is 18.6. The fourth-order valence-corrected chi connectivity index (χ4v) is 4.00. The van der Waals surface area contributed by atoms with Gasteiger partial charge in [-0.25, -0.2) is 4.98 Å². The number of halogens is 1. The van der Waals surface area contributed by atoms with Crippen LogP contribution in [0.2, 0.25) is 5.02 Å². The van der Waals surface area contributed by atoms with Crippen molar-refractivity contribution < 1.29 is 4.79 Å². The van der Waals surface area contributed by atoms with Gasteiger partial charge in [-0.2, -0.15) is 0 Å². The van der Waals surface area contributed by atoms with Gasteiger partial charge in [-0.05, 0) is 50.1 Å². The SMILES string of the molecule is CC1CCCCN1Cc1cnc(NC(=O)/C=C/c2cccc(Cl)c2)s1. The lowest BCUT2D eigenvalue weighted by Crippen LogP contribution is -2.36. The van der Waals surface area contributed by atoms with Crippen molar-refractivity contribution in [3.63, 3.8) is 0 Å². The third-order valence-electron chi connectivity index (χ3n) is 4.36. The summed E-state index contributed by atoms with van der Waals surface area (Å²) in [6.07, 6.45) is 8.95. The van der Waals surface area contributed by atoms with E-state index in [1.807, 2.05) is 24.4 Å². The van der Waals surface area contributed by atoms with E-state index >= 15 is 0 Å². The first kappa shape index (κ1) is 18.1. The summed E-state index contributed by atoms with van der Waals surface area (Å²) in [6.45, 7) is 4.33. The first-order valence-corrected chi connectivity index (χ1v) is 9.73. The van der Waals surface area contributed by atoms with Crippen LogP contribution in [0.4, 0.5) is 5.13 Å². The number of aromatic nitrogens is 1. The first-order valence-electron chi connectivity index (χ1n) is 8.53. The van der Waals surface area contributed by atoms with E-state index in [2.05, 4.69) is 22.1 Å². The molecule has 6 heteroatoms. The highest BCUT2D eigenvalue weighted by Crippen LogP contribution is 2.24. The van der Waals surface area contributed by atoms with E-state index in [0.29, 0.717) is 16.2 Å². The van der Waals surface area contributed by atoms with Gasteiger partial charge in [0.1, 0.15) is 0 Å². The molecule has 2 heterocycles. The molecule has 0 aliphatic carbocycles. The number of amides is 1. The molecule has 1 fully saturated rings. The average Bonchev–Trinajstić information content (AvgIpc) is 3.02. The van der Waals surface area contributed by atoms with Gasteiger partial charge >= 0.3 is 0 Å². The van der Waals surface area contributed by atoms with Gasteiger partial charge < -0.3 is 0 Å². The highest BCUT2D eigenvalue weighted by atomic mass is 35.5. The standard InChI is InChI=1S/C19H22ClN3OS/c1-14-5-2-3-10-23(14)13-17-12-21-19(25-17)22-18(24)9-8-15-6-4-7-16(20)11-15/h4,6-9,11-12,14H,2-3,5,10,13H2,1H3,(H,21,22,24)/b9-8+. The number of nitrogens with zero attached hydrogens (tertiary/aromatic N) is 2. The van der Waals surface area contributed by atoms with Crippen LogP contribution in [-0.2, 0) is 11.3 Å². The molecule has 0 bridgehead atoms. The van der Waals surface area contributed by atoms with Crippen LogP contribution in [0, 0.1) is 0 Å². The molecular formula is C19H22ClN3OS. The lowest BCUT2D eigenvalue weighted by atomic mass is 10.0. The maximum absolute atomic E-state index is 12.0. The predicted molar refractivity (Wildman–Crippen MR) is 105 cm³/mol. The van der Waals surface area contributed by atoms with E-state index in [1.165, 1.54) is 30.2 Å². The topological polar surface area (TPSA) is 45.2 Å². The molecule has 1 saturated heterocycles. The minimum atomic E-state index is -0.188. The smallest absolute Gasteiger partial charge is 0.250 e. The summed E-state index contributed by atoms with van der Waals surface area (Å²) in [4.78, 5) is 20.0. The van der Waals surface area contributed by atoms with Gasteiger partial charge in [0.2, 0.25) is 5.91 Å². The molecule has 1 unspecified atom stereocenters. The van der Waals surface area contributed by atoms with Crippen molar-refractivity contribution in [1.29, 1.82) is 0 Å². The summed E-state index contributed by atoms with van der Waals surface area (Å²) in [5, 5.41) is 4.12. The Hall–Kier alpha value is -1.69. The Balaban J connectivity index is 1.54. The molecule has 25 heavy (non-hydrogen) atoms. The molecule has 1 aromatic carbocycles. The second kappa shape index (κ2) is 8.61. The summed E-state index contributed by atoms with van der Waals surface area (Å²) in [7, 11) is 0. The number of hydrogen-bond acceptors (Lipinski definition) is 4. The fraction of sp³-hybridized carbons (Fsp3) is 0.368. The van der Waals surface area contributed by atoms with Crippen LogP contribution in [0.5, 0.6) is 0 Å². The van der Waals surface area contributed by atoms with Crippen molar-refractivity contribution in [3.05, 3.63) is 52.0 Å². The molecule has 132 valence electrons. The number of piperidine rings is 1. The minimum Gasteiger partial charge on any atom is -0.298 e. The summed E-state index contributed by atoms with van der Waals surface area (Å²) in [5.41, 5.74) is 0.890. The number of thiazole rings is 1. The van der Waals surface area contributed by atoms with Crippen molar-refractivity contribution >= 4 is 40.1 Å². The van der Waals surface area contributed by atoms with E-state index in [0.717, 1.165) is 18.7 Å². The Labute approximate surface area is 157 Å². The number of carbonyl (C=O) groups excluding carboxylic acids is 1. The Bertz CT molecular complexity index is 759. The Morgan fingerprint density at radius 1 is 1.48 bits per heavy atom. The van der Waals surface area contributed by atoms with Gasteiger partial charge in [0.05, 0.1) is 0 Å². The molecule has 0 saturated carbocycles. The van der Waals surface area contributed by atoms with Crippen molar-refractivity contribution in [2.75, 3.05) is 11.9 Å². The summed E-state index contributed by atoms with van der Waals surface area (Å²) < 4.78 is 0. The average molecular weight is 376 g/mol. The molecule has 0 spiro atoms. The minimum absolute atomic E-state index is 0.188. The van der Waals surface area contributed by atoms with Crippen LogP contribution in [0.1, 0.15) is 36.6 Å². The Morgan fingerprint density at radius 2 is 2.36 bits per heavy atom.